The molecule has 20 nitrogen and oxygen atoms in total. The third-order valence-electron chi connectivity index (χ3n) is 14.3. The molecule has 0 spiro atoms. The number of imide groups is 1. The summed E-state index contributed by atoms with van der Waals surface area (Å²) in [6.07, 6.45) is 1.97. The van der Waals surface area contributed by atoms with Crippen LogP contribution in [-0.2, 0) is 63.8 Å². The summed E-state index contributed by atoms with van der Waals surface area (Å²) < 4.78 is 30.0. The van der Waals surface area contributed by atoms with Crippen LogP contribution in [0.1, 0.15) is 105 Å². The molecule has 6 amide bonds. The number of likely N-dealkylation sites (N-methyl/N-ethyl adjacent to an activating group) is 1. The Balaban J connectivity index is 1.22. The van der Waals surface area contributed by atoms with Crippen LogP contribution in [0.25, 0.3) is 11.1 Å². The lowest BCUT2D eigenvalue weighted by molar-refractivity contribution is -0.197. The Labute approximate surface area is 451 Å². The molecule has 3 fully saturated rings. The van der Waals surface area contributed by atoms with Crippen molar-refractivity contribution in [3.63, 3.8) is 0 Å². The first-order chi connectivity index (χ1) is 35.9. The molecule has 22 heteroatoms. The van der Waals surface area contributed by atoms with Crippen molar-refractivity contribution in [1.29, 1.82) is 0 Å². The summed E-state index contributed by atoms with van der Waals surface area (Å²) in [6, 6.07) is 9.92. The molecular weight excluding hydrogens is 1020 g/mol. The van der Waals surface area contributed by atoms with E-state index in [2.05, 4.69) is 10.6 Å². The third-order valence-corrected chi connectivity index (χ3v) is 17.8. The second-order valence-corrected chi connectivity index (χ2v) is 23.3. The number of ether oxygens (including phenoxy) is 5. The topological polar surface area (TPSA) is 249 Å². The van der Waals surface area contributed by atoms with E-state index in [0.717, 1.165) is 11.1 Å². The fourth-order valence-electron chi connectivity index (χ4n) is 9.31. The number of carbonyl (C=O) groups is 8. The lowest BCUT2D eigenvalue weighted by atomic mass is 9.83. The van der Waals surface area contributed by atoms with Gasteiger partial charge in [-0.05, 0) is 75.4 Å². The molecule has 4 heterocycles. The van der Waals surface area contributed by atoms with Gasteiger partial charge in [-0.1, -0.05) is 78.3 Å². The van der Waals surface area contributed by atoms with Gasteiger partial charge in [-0.25, -0.2) is 14.4 Å². The SMILES string of the molecule is COc1cc2cc(c1-c1ccc(NC(=O)CCC(C)SSC(C)CCC(=O)ON3C(=O)CCC3=O)cc1)N(C)C(=O)C[C@H](OC(=O)[C@H](C)N(C)C(C)=O)[C@]1(C)O[C@H]1[C@H](C)[C@@H]1C[C@@](O)(NC(=O)O1)[C@H](OC)/C=C/C=C(\C)C2. The van der Waals surface area contributed by atoms with Gasteiger partial charge in [0.2, 0.25) is 17.7 Å². The zero-order valence-electron chi connectivity index (χ0n) is 45.0. The number of benzene rings is 2. The summed E-state index contributed by atoms with van der Waals surface area (Å²) in [5.74, 6) is -3.57. The van der Waals surface area contributed by atoms with Crippen LogP contribution < -0.4 is 20.3 Å². The number of allylic oxidation sites excluding steroid dienone is 3. The highest BCUT2D eigenvalue weighted by Crippen LogP contribution is 2.49. The van der Waals surface area contributed by atoms with Gasteiger partial charge in [0.15, 0.2) is 5.72 Å². The standard InChI is InChI=1S/C54H71N5O15S2/c1-30-13-12-14-42(70-11)54(68)29-41(71-52(67)56-54)33(4)50-53(7,73-50)43(72-51(66)34(5)57(8)35(6)60)28-47(64)58(9)39-26-36(25-30)27-40(69-10)49(39)37-17-19-38(20-18-37)55-44(61)21-15-31(2)75-76-32(3)16-24-48(65)74-59-45(62)22-23-46(59)63/h12-14,17-20,26-27,31-34,41-43,50,68H,15-16,21-25,28-29H2,1-11H3,(H,55,61)(H,56,67)/b14-12+,30-13+/t31?,32?,33-,34+,41+,42-,43+,50+,53+,54+/m1/s1. The molecule has 2 unspecified atom stereocenters. The first-order valence-electron chi connectivity index (χ1n) is 25.3. The maximum atomic E-state index is 14.8. The number of fused-ring (bicyclic) bond motifs is 5. The summed E-state index contributed by atoms with van der Waals surface area (Å²) in [4.78, 5) is 111. The molecule has 3 N–H and O–H groups in total. The lowest BCUT2D eigenvalue weighted by Crippen LogP contribution is -2.63. The van der Waals surface area contributed by atoms with Gasteiger partial charge in [-0.3, -0.25) is 29.3 Å². The maximum Gasteiger partial charge on any atom is 0.409 e. The first-order valence-corrected chi connectivity index (χ1v) is 27.6. The molecule has 4 bridgehead atoms. The van der Waals surface area contributed by atoms with Gasteiger partial charge >= 0.3 is 18.0 Å². The molecule has 76 heavy (non-hydrogen) atoms. The second-order valence-electron chi connectivity index (χ2n) is 20.2. The van der Waals surface area contributed by atoms with E-state index >= 15 is 0 Å². The summed E-state index contributed by atoms with van der Waals surface area (Å²) >= 11 is 0. The van der Waals surface area contributed by atoms with Gasteiger partial charge in [0, 0.05) is 87.9 Å². The average Bonchev–Trinajstić information content (AvgIpc) is 4.00. The summed E-state index contributed by atoms with van der Waals surface area (Å²) in [6.45, 7) is 12.3. The Morgan fingerprint density at radius 2 is 1.62 bits per heavy atom. The Bertz CT molecular complexity index is 2580. The number of hydrogen-bond donors (Lipinski definition) is 3. The highest BCUT2D eigenvalue weighted by molar-refractivity contribution is 8.77. The van der Waals surface area contributed by atoms with Crippen molar-refractivity contribution < 1.29 is 72.0 Å². The van der Waals surface area contributed by atoms with Gasteiger partial charge in [0.05, 0.1) is 25.3 Å². The number of aliphatic hydroxyl groups is 1. The minimum Gasteiger partial charge on any atom is -0.496 e. The van der Waals surface area contributed by atoms with Gasteiger partial charge in [0.25, 0.3) is 11.8 Å². The molecule has 6 rings (SSSR count). The number of nitrogens with one attached hydrogen (secondary N) is 2. The van der Waals surface area contributed by atoms with Crippen LogP contribution in [0.5, 0.6) is 5.75 Å². The number of anilines is 2. The van der Waals surface area contributed by atoms with E-state index in [9.17, 15) is 43.5 Å². The lowest BCUT2D eigenvalue weighted by Gasteiger charge is -2.42. The number of methoxy groups -OCH3 is 2. The van der Waals surface area contributed by atoms with Gasteiger partial charge in [-0.15, -0.1) is 5.06 Å². The van der Waals surface area contributed by atoms with E-state index in [0.29, 0.717) is 52.6 Å². The number of amides is 6. The van der Waals surface area contributed by atoms with Crippen LogP contribution in [0.4, 0.5) is 16.2 Å². The minimum atomic E-state index is -1.87. The number of epoxide rings is 1. The maximum absolute atomic E-state index is 14.8. The third kappa shape index (κ3) is 14.5. The monoisotopic (exact) mass is 1090 g/mol. The molecule has 0 aliphatic carbocycles. The molecule has 4 aliphatic rings. The van der Waals surface area contributed by atoms with E-state index in [-0.39, 0.29) is 60.8 Å². The zero-order chi connectivity index (χ0) is 55.8. The molecule has 4 aliphatic heterocycles. The molecule has 414 valence electrons. The molecule has 0 radical (unpaired) electrons. The van der Waals surface area contributed by atoms with Gasteiger partial charge in [0.1, 0.15) is 35.7 Å². The number of carbonyl (C=O) groups excluding carboxylic acids is 8. The quantitative estimate of drug-likeness (QED) is 0.0637. The number of rotatable bonds is 17. The summed E-state index contributed by atoms with van der Waals surface area (Å²) in [7, 11) is 9.23. The number of nitrogens with zero attached hydrogens (tertiary/aromatic N) is 3. The van der Waals surface area contributed by atoms with E-state index < -0.39 is 83.5 Å². The minimum absolute atomic E-state index is 0.0342. The Morgan fingerprint density at radius 1 is 0.974 bits per heavy atom. The van der Waals surface area contributed by atoms with Crippen molar-refractivity contribution >= 4 is 80.5 Å². The first kappa shape index (κ1) is 59.3. The smallest absolute Gasteiger partial charge is 0.409 e. The van der Waals surface area contributed by atoms with Crippen molar-refractivity contribution in [2.24, 2.45) is 5.92 Å². The van der Waals surface area contributed by atoms with Crippen LogP contribution >= 0.6 is 21.6 Å². The number of hydrogen-bond acceptors (Lipinski definition) is 17. The molecule has 0 aromatic heterocycles. The Kier molecular flexibility index (Phi) is 19.9. The van der Waals surface area contributed by atoms with Crippen LogP contribution in [0, 0.1) is 5.92 Å². The number of hydroxylamine groups is 2. The van der Waals surface area contributed by atoms with Crippen molar-refractivity contribution in [3.05, 3.63) is 65.8 Å². The summed E-state index contributed by atoms with van der Waals surface area (Å²) in [5.41, 5.74) is 0.784. The highest BCUT2D eigenvalue weighted by Gasteiger charge is 2.64. The average molecular weight is 1090 g/mol. The Morgan fingerprint density at radius 3 is 2.24 bits per heavy atom. The van der Waals surface area contributed by atoms with Crippen LogP contribution in [0.3, 0.4) is 0 Å². The van der Waals surface area contributed by atoms with Crippen molar-refractivity contribution in [2.45, 2.75) is 159 Å². The fraction of sp³-hybridized carbons (Fsp3) is 0.556. The second kappa shape index (κ2) is 25.5. The predicted molar refractivity (Wildman–Crippen MR) is 285 cm³/mol. The zero-order valence-corrected chi connectivity index (χ0v) is 46.6. The highest BCUT2D eigenvalue weighted by atomic mass is 33.1. The van der Waals surface area contributed by atoms with Crippen molar-refractivity contribution in [3.8, 4) is 16.9 Å². The number of esters is 1. The fourth-order valence-corrected chi connectivity index (χ4v) is 11.8. The molecule has 10 atom stereocenters. The summed E-state index contributed by atoms with van der Waals surface area (Å²) in [5, 5.41) is 18.1. The normalized spacial score (nSPS) is 27.1. The molecule has 2 aromatic carbocycles. The largest absolute Gasteiger partial charge is 0.496 e. The predicted octanol–water partition coefficient (Wildman–Crippen LogP) is 6.81. The van der Waals surface area contributed by atoms with E-state index in [1.807, 2.05) is 51.1 Å². The van der Waals surface area contributed by atoms with E-state index in [4.69, 9.17) is 28.5 Å². The van der Waals surface area contributed by atoms with Crippen molar-refractivity contribution in [2.75, 3.05) is 38.5 Å². The molecule has 0 saturated carbocycles. The van der Waals surface area contributed by atoms with Crippen LogP contribution in [0.2, 0.25) is 0 Å². The van der Waals surface area contributed by atoms with Gasteiger partial charge in [-0.2, -0.15) is 0 Å². The van der Waals surface area contributed by atoms with Crippen LogP contribution in [-0.4, -0.2) is 143 Å². The van der Waals surface area contributed by atoms with Crippen LogP contribution in [0.15, 0.2) is 60.2 Å². The molecule has 2 aromatic rings. The van der Waals surface area contributed by atoms with E-state index in [1.54, 1.807) is 66.8 Å². The Hall–Kier alpha value is -5.94. The molecule has 3 saturated heterocycles. The molecular formula is C54H71N5O15S2. The van der Waals surface area contributed by atoms with Gasteiger partial charge < -0.3 is 48.7 Å². The van der Waals surface area contributed by atoms with Crippen molar-refractivity contribution in [1.82, 2.24) is 15.3 Å². The number of alkyl carbamates (subject to hydrolysis) is 1. The van der Waals surface area contributed by atoms with E-state index in [1.165, 1.54) is 44.9 Å².